The first-order valence-corrected chi connectivity index (χ1v) is 9.18. The van der Waals surface area contributed by atoms with Crippen molar-refractivity contribution >= 4 is 29.3 Å². The predicted octanol–water partition coefficient (Wildman–Crippen LogP) is 0.672. The fraction of sp³-hybridized carbons (Fsp3) is 0.500. The van der Waals surface area contributed by atoms with Crippen LogP contribution < -0.4 is 10.6 Å². The summed E-state index contributed by atoms with van der Waals surface area (Å²) in [6.07, 6.45) is 1.62. The highest BCUT2D eigenvalue weighted by atomic mass is 35.5. The average molecular weight is 378 g/mol. The first-order chi connectivity index (χ1) is 12.4. The van der Waals surface area contributed by atoms with E-state index in [1.54, 1.807) is 12.1 Å². The second-order valence-corrected chi connectivity index (χ2v) is 7.51. The minimum Gasteiger partial charge on any atom is -0.385 e. The third kappa shape index (κ3) is 2.71. The van der Waals surface area contributed by atoms with E-state index in [1.807, 2.05) is 0 Å². The van der Waals surface area contributed by atoms with E-state index >= 15 is 0 Å². The SMILES string of the molecule is O=C1CCC(N2Cc3c(ccc(C4(O)CCNCC4)c3Cl)C2=O)C(=O)N1. The van der Waals surface area contributed by atoms with Gasteiger partial charge >= 0.3 is 0 Å². The highest BCUT2D eigenvalue weighted by Crippen LogP contribution is 2.41. The number of halogens is 1. The Hall–Kier alpha value is -1.96. The first-order valence-electron chi connectivity index (χ1n) is 8.80. The van der Waals surface area contributed by atoms with Gasteiger partial charge in [0.15, 0.2) is 0 Å². The van der Waals surface area contributed by atoms with E-state index in [2.05, 4.69) is 10.6 Å². The quantitative estimate of drug-likeness (QED) is 0.658. The van der Waals surface area contributed by atoms with E-state index in [4.69, 9.17) is 11.6 Å². The number of hydrogen-bond acceptors (Lipinski definition) is 5. The number of amides is 3. The van der Waals surface area contributed by atoms with Gasteiger partial charge in [-0.3, -0.25) is 19.7 Å². The summed E-state index contributed by atoms with van der Waals surface area (Å²) in [4.78, 5) is 37.7. The Balaban J connectivity index is 1.65. The number of aliphatic hydroxyl groups is 1. The maximum absolute atomic E-state index is 12.8. The molecule has 3 aliphatic rings. The molecule has 3 heterocycles. The number of piperidine rings is 2. The summed E-state index contributed by atoms with van der Waals surface area (Å²) in [5, 5.41) is 16.9. The molecule has 1 aromatic carbocycles. The number of benzene rings is 1. The third-order valence-electron chi connectivity index (χ3n) is 5.58. The largest absolute Gasteiger partial charge is 0.385 e. The van der Waals surface area contributed by atoms with Crippen LogP contribution in [0.3, 0.4) is 0 Å². The van der Waals surface area contributed by atoms with Crippen LogP contribution in [0.4, 0.5) is 0 Å². The van der Waals surface area contributed by atoms with Gasteiger partial charge in [-0.25, -0.2) is 0 Å². The summed E-state index contributed by atoms with van der Waals surface area (Å²) in [7, 11) is 0. The molecule has 0 saturated carbocycles. The lowest BCUT2D eigenvalue weighted by Gasteiger charge is -2.34. The van der Waals surface area contributed by atoms with Crippen LogP contribution in [-0.2, 0) is 21.7 Å². The van der Waals surface area contributed by atoms with Gasteiger partial charge in [0.05, 0.1) is 10.6 Å². The van der Waals surface area contributed by atoms with E-state index in [9.17, 15) is 19.5 Å². The van der Waals surface area contributed by atoms with Crippen molar-refractivity contribution < 1.29 is 19.5 Å². The van der Waals surface area contributed by atoms with Crippen molar-refractivity contribution in [3.05, 3.63) is 33.8 Å². The Kier molecular flexibility index (Phi) is 4.25. The fourth-order valence-corrected chi connectivity index (χ4v) is 4.47. The number of imide groups is 1. The summed E-state index contributed by atoms with van der Waals surface area (Å²) in [5.74, 6) is -1.03. The molecule has 4 rings (SSSR count). The molecule has 7 nitrogen and oxygen atoms in total. The maximum atomic E-state index is 12.8. The second-order valence-electron chi connectivity index (χ2n) is 7.13. The molecule has 1 aromatic rings. The van der Waals surface area contributed by atoms with Crippen molar-refractivity contribution in [2.45, 2.75) is 43.9 Å². The van der Waals surface area contributed by atoms with Gasteiger partial charge in [0.1, 0.15) is 6.04 Å². The number of carbonyl (C=O) groups excluding carboxylic acids is 3. The fourth-order valence-electron chi connectivity index (χ4n) is 4.07. The molecule has 1 atom stereocenters. The van der Waals surface area contributed by atoms with Crippen molar-refractivity contribution in [1.82, 2.24) is 15.5 Å². The normalized spacial score (nSPS) is 25.2. The van der Waals surface area contributed by atoms with Crippen LogP contribution in [0.5, 0.6) is 0 Å². The molecular formula is C18H20ClN3O4. The average Bonchev–Trinajstić information content (AvgIpc) is 2.94. The zero-order valence-electron chi connectivity index (χ0n) is 14.2. The lowest BCUT2D eigenvalue weighted by atomic mass is 9.84. The van der Waals surface area contributed by atoms with E-state index in [1.165, 1.54) is 4.90 Å². The Morgan fingerprint density at radius 2 is 1.92 bits per heavy atom. The summed E-state index contributed by atoms with van der Waals surface area (Å²) >= 11 is 6.59. The van der Waals surface area contributed by atoms with Crippen LogP contribution in [0, 0.1) is 0 Å². The zero-order valence-corrected chi connectivity index (χ0v) is 14.9. The Morgan fingerprint density at radius 3 is 2.62 bits per heavy atom. The molecule has 138 valence electrons. The molecule has 1 unspecified atom stereocenters. The molecular weight excluding hydrogens is 358 g/mol. The minimum atomic E-state index is -1.01. The van der Waals surface area contributed by atoms with Gasteiger partial charge in [0.2, 0.25) is 11.8 Å². The zero-order chi connectivity index (χ0) is 18.5. The van der Waals surface area contributed by atoms with Gasteiger partial charge in [0, 0.05) is 29.7 Å². The van der Waals surface area contributed by atoms with Crippen LogP contribution in [0.25, 0.3) is 0 Å². The summed E-state index contributed by atoms with van der Waals surface area (Å²) in [6.45, 7) is 1.61. The van der Waals surface area contributed by atoms with Gasteiger partial charge in [0.25, 0.3) is 5.91 Å². The highest BCUT2D eigenvalue weighted by molar-refractivity contribution is 6.33. The Labute approximate surface area is 155 Å². The molecule has 0 aromatic heterocycles. The van der Waals surface area contributed by atoms with E-state index < -0.39 is 17.6 Å². The molecule has 0 bridgehead atoms. The van der Waals surface area contributed by atoms with Gasteiger partial charge < -0.3 is 15.3 Å². The van der Waals surface area contributed by atoms with Crippen molar-refractivity contribution in [1.29, 1.82) is 0 Å². The van der Waals surface area contributed by atoms with Crippen LogP contribution in [0.1, 0.15) is 47.2 Å². The minimum absolute atomic E-state index is 0.210. The number of fused-ring (bicyclic) bond motifs is 1. The molecule has 26 heavy (non-hydrogen) atoms. The van der Waals surface area contributed by atoms with Crippen molar-refractivity contribution in [3.8, 4) is 0 Å². The van der Waals surface area contributed by atoms with E-state index in [-0.39, 0.29) is 24.8 Å². The van der Waals surface area contributed by atoms with Gasteiger partial charge in [-0.2, -0.15) is 0 Å². The number of hydrogen-bond donors (Lipinski definition) is 3. The molecule has 2 fully saturated rings. The summed E-state index contributed by atoms with van der Waals surface area (Å²) in [5.41, 5.74) is 0.729. The van der Waals surface area contributed by atoms with Crippen molar-refractivity contribution in [3.63, 3.8) is 0 Å². The lowest BCUT2D eigenvalue weighted by Crippen LogP contribution is -2.52. The standard InChI is InChI=1S/C18H20ClN3O4/c19-15-11-9-22(13-3-4-14(23)21-16(13)24)17(25)10(11)1-2-12(15)18(26)5-7-20-8-6-18/h1-2,13,20,26H,3-9H2,(H,21,23,24). The molecule has 3 aliphatic heterocycles. The number of carbonyl (C=O) groups is 3. The number of rotatable bonds is 2. The van der Waals surface area contributed by atoms with E-state index in [0.717, 1.165) is 0 Å². The number of nitrogens with one attached hydrogen (secondary N) is 2. The van der Waals surface area contributed by atoms with Crippen LogP contribution in [0.15, 0.2) is 12.1 Å². The maximum Gasteiger partial charge on any atom is 0.255 e. The van der Waals surface area contributed by atoms with Crippen LogP contribution in [-0.4, -0.2) is 46.9 Å². The second kappa shape index (κ2) is 6.33. The van der Waals surface area contributed by atoms with Crippen LogP contribution >= 0.6 is 11.6 Å². The molecule has 3 amide bonds. The molecule has 0 spiro atoms. The summed E-state index contributed by atoms with van der Waals surface area (Å²) in [6, 6.07) is 2.73. The van der Waals surface area contributed by atoms with Crippen LogP contribution in [0.2, 0.25) is 5.02 Å². The van der Waals surface area contributed by atoms with Crippen molar-refractivity contribution in [2.75, 3.05) is 13.1 Å². The van der Waals surface area contributed by atoms with Gasteiger partial charge in [-0.15, -0.1) is 0 Å². The smallest absolute Gasteiger partial charge is 0.255 e. The highest BCUT2D eigenvalue weighted by Gasteiger charge is 2.42. The molecule has 8 heteroatoms. The lowest BCUT2D eigenvalue weighted by molar-refractivity contribution is -0.136. The summed E-state index contributed by atoms with van der Waals surface area (Å²) < 4.78 is 0. The predicted molar refractivity (Wildman–Crippen MR) is 93.5 cm³/mol. The molecule has 0 aliphatic carbocycles. The molecule has 0 radical (unpaired) electrons. The topological polar surface area (TPSA) is 98.7 Å². The Bertz CT molecular complexity index is 804. The van der Waals surface area contributed by atoms with E-state index in [0.29, 0.717) is 54.1 Å². The number of nitrogens with zero attached hydrogens (tertiary/aromatic N) is 1. The molecule has 2 saturated heterocycles. The van der Waals surface area contributed by atoms with Gasteiger partial charge in [-0.1, -0.05) is 17.7 Å². The monoisotopic (exact) mass is 377 g/mol. The van der Waals surface area contributed by atoms with Crippen molar-refractivity contribution in [2.24, 2.45) is 0 Å². The third-order valence-corrected chi connectivity index (χ3v) is 6.01. The Morgan fingerprint density at radius 1 is 1.19 bits per heavy atom. The van der Waals surface area contributed by atoms with Gasteiger partial charge in [-0.05, 0) is 38.4 Å². The molecule has 3 N–H and O–H groups in total. The first kappa shape index (κ1) is 17.5.